The summed E-state index contributed by atoms with van der Waals surface area (Å²) in [6, 6.07) is 23.2. The van der Waals surface area contributed by atoms with Gasteiger partial charge >= 0.3 is 5.97 Å². The van der Waals surface area contributed by atoms with E-state index in [1.807, 2.05) is 24.3 Å². The summed E-state index contributed by atoms with van der Waals surface area (Å²) < 4.78 is 11.3. The van der Waals surface area contributed by atoms with Gasteiger partial charge in [-0.1, -0.05) is 42.5 Å². The first-order chi connectivity index (χ1) is 18.9. The van der Waals surface area contributed by atoms with Gasteiger partial charge in [0.1, 0.15) is 18.1 Å². The Morgan fingerprint density at radius 2 is 1.85 bits per heavy atom. The predicted molar refractivity (Wildman–Crippen MR) is 145 cm³/mol. The van der Waals surface area contributed by atoms with Gasteiger partial charge in [0.15, 0.2) is 5.78 Å². The van der Waals surface area contributed by atoms with Crippen molar-refractivity contribution in [1.82, 2.24) is 5.32 Å². The SMILES string of the molecule is COc1ccccc1[C@H]1CC(=O)C2=C(C1)NC(C)=C(C(=O)OCc1ccc(C#N)cc1)[C@H]2c1cccc(O)c1. The van der Waals surface area contributed by atoms with Crippen LogP contribution in [0.3, 0.4) is 0 Å². The van der Waals surface area contributed by atoms with Crippen molar-refractivity contribution in [3.63, 3.8) is 0 Å². The summed E-state index contributed by atoms with van der Waals surface area (Å²) in [6.45, 7) is 1.82. The number of phenols is 1. The Morgan fingerprint density at radius 1 is 1.08 bits per heavy atom. The monoisotopic (exact) mass is 520 g/mol. The van der Waals surface area contributed by atoms with Gasteiger partial charge in [0.2, 0.25) is 0 Å². The maximum atomic E-state index is 13.8. The highest BCUT2D eigenvalue weighted by atomic mass is 16.5. The normalized spacial score (nSPS) is 18.6. The molecule has 7 nitrogen and oxygen atoms in total. The number of nitriles is 1. The average molecular weight is 521 g/mol. The second kappa shape index (κ2) is 10.9. The van der Waals surface area contributed by atoms with Gasteiger partial charge in [0.05, 0.1) is 24.3 Å². The van der Waals surface area contributed by atoms with Crippen LogP contribution in [-0.4, -0.2) is 24.0 Å². The molecule has 0 amide bonds. The molecule has 2 aliphatic rings. The zero-order valence-corrected chi connectivity index (χ0v) is 21.7. The molecule has 0 fully saturated rings. The first-order valence-corrected chi connectivity index (χ1v) is 12.7. The molecule has 5 rings (SSSR count). The highest BCUT2D eigenvalue weighted by molar-refractivity contribution is 6.04. The van der Waals surface area contributed by atoms with E-state index in [1.165, 1.54) is 0 Å². The largest absolute Gasteiger partial charge is 0.508 e. The molecule has 2 N–H and O–H groups in total. The quantitative estimate of drug-likeness (QED) is 0.420. The molecule has 39 heavy (non-hydrogen) atoms. The van der Waals surface area contributed by atoms with Crippen molar-refractivity contribution >= 4 is 11.8 Å². The third kappa shape index (κ3) is 5.14. The van der Waals surface area contributed by atoms with Crippen molar-refractivity contribution < 1.29 is 24.2 Å². The van der Waals surface area contributed by atoms with Gasteiger partial charge in [-0.15, -0.1) is 0 Å². The molecular formula is C32H28N2O5. The number of ether oxygens (including phenoxy) is 2. The second-order valence-electron chi connectivity index (χ2n) is 9.74. The summed E-state index contributed by atoms with van der Waals surface area (Å²) in [5, 5.41) is 22.6. The van der Waals surface area contributed by atoms with Crippen molar-refractivity contribution in [2.45, 2.75) is 38.2 Å². The van der Waals surface area contributed by atoms with Gasteiger partial charge in [-0.25, -0.2) is 4.79 Å². The van der Waals surface area contributed by atoms with E-state index in [-0.39, 0.29) is 30.5 Å². The lowest BCUT2D eigenvalue weighted by molar-refractivity contribution is -0.140. The maximum absolute atomic E-state index is 13.8. The molecule has 0 spiro atoms. The number of carbonyl (C=O) groups excluding carboxylic acids is 2. The number of hydrogen-bond donors (Lipinski definition) is 2. The number of rotatable bonds is 6. The number of para-hydroxylation sites is 1. The summed E-state index contributed by atoms with van der Waals surface area (Å²) in [5.41, 5.74) is 5.07. The summed E-state index contributed by atoms with van der Waals surface area (Å²) in [4.78, 5) is 27.3. The summed E-state index contributed by atoms with van der Waals surface area (Å²) in [5.74, 6) is -0.609. The third-order valence-electron chi connectivity index (χ3n) is 7.28. The number of benzene rings is 3. The average Bonchev–Trinajstić information content (AvgIpc) is 2.95. The molecular weight excluding hydrogens is 492 g/mol. The van der Waals surface area contributed by atoms with E-state index in [1.54, 1.807) is 62.6 Å². The molecule has 196 valence electrons. The molecule has 1 aliphatic carbocycles. The molecule has 1 heterocycles. The Kier molecular flexibility index (Phi) is 7.20. The summed E-state index contributed by atoms with van der Waals surface area (Å²) in [7, 11) is 1.62. The zero-order valence-electron chi connectivity index (χ0n) is 21.7. The van der Waals surface area contributed by atoms with Crippen molar-refractivity contribution in [3.8, 4) is 17.6 Å². The highest BCUT2D eigenvalue weighted by Crippen LogP contribution is 2.47. The predicted octanol–water partition coefficient (Wildman–Crippen LogP) is 5.38. The van der Waals surface area contributed by atoms with E-state index in [0.717, 1.165) is 22.6 Å². The van der Waals surface area contributed by atoms with Crippen molar-refractivity contribution in [2.24, 2.45) is 0 Å². The van der Waals surface area contributed by atoms with E-state index in [2.05, 4.69) is 11.4 Å². The Morgan fingerprint density at radius 3 is 2.56 bits per heavy atom. The number of carbonyl (C=O) groups is 2. The van der Waals surface area contributed by atoms with Gasteiger partial charge < -0.3 is 19.9 Å². The molecule has 0 bridgehead atoms. The van der Waals surface area contributed by atoms with E-state index >= 15 is 0 Å². The highest BCUT2D eigenvalue weighted by Gasteiger charge is 2.42. The van der Waals surface area contributed by atoms with Crippen LogP contribution in [0.25, 0.3) is 0 Å². The van der Waals surface area contributed by atoms with E-state index in [9.17, 15) is 14.7 Å². The lowest BCUT2D eigenvalue weighted by Gasteiger charge is -2.37. The zero-order chi connectivity index (χ0) is 27.5. The van der Waals surface area contributed by atoms with Crippen molar-refractivity contribution in [1.29, 1.82) is 5.26 Å². The van der Waals surface area contributed by atoms with Crippen LogP contribution >= 0.6 is 0 Å². The molecule has 0 unspecified atom stereocenters. The first kappa shape index (κ1) is 25.8. The molecule has 0 radical (unpaired) electrons. The van der Waals surface area contributed by atoms with Crippen molar-refractivity contribution in [2.75, 3.05) is 7.11 Å². The van der Waals surface area contributed by atoms with Crippen LogP contribution in [0, 0.1) is 11.3 Å². The summed E-state index contributed by atoms with van der Waals surface area (Å²) >= 11 is 0. The number of nitrogens with one attached hydrogen (secondary N) is 1. The lowest BCUT2D eigenvalue weighted by Crippen LogP contribution is -2.36. The summed E-state index contributed by atoms with van der Waals surface area (Å²) in [6.07, 6.45) is 0.838. The number of phenolic OH excluding ortho intramolecular Hbond substituents is 1. The fraction of sp³-hybridized carbons (Fsp3) is 0.219. The van der Waals surface area contributed by atoms with Crippen LogP contribution in [-0.2, 0) is 20.9 Å². The molecule has 1 aliphatic heterocycles. The number of Topliss-reactive ketones (excluding diaryl/α,β-unsaturated/α-hetero) is 1. The Bertz CT molecular complexity index is 1550. The van der Waals surface area contributed by atoms with Gasteiger partial charge in [-0.2, -0.15) is 5.26 Å². The number of esters is 1. The molecule has 3 aromatic rings. The van der Waals surface area contributed by atoms with Gasteiger partial charge in [0, 0.05) is 35.2 Å². The molecule has 0 saturated carbocycles. The number of ketones is 1. The van der Waals surface area contributed by atoms with Crippen LogP contribution in [0.15, 0.2) is 95.3 Å². The van der Waals surface area contributed by atoms with Crippen LogP contribution in [0.2, 0.25) is 0 Å². The number of methoxy groups -OCH3 is 1. The van der Waals surface area contributed by atoms with E-state index in [0.29, 0.717) is 34.4 Å². The molecule has 0 aromatic heterocycles. The molecule has 3 aromatic carbocycles. The minimum absolute atomic E-state index is 0.0177. The van der Waals surface area contributed by atoms with Crippen LogP contribution in [0.5, 0.6) is 11.5 Å². The topological polar surface area (TPSA) is 109 Å². The Hall–Kier alpha value is -4.83. The third-order valence-corrected chi connectivity index (χ3v) is 7.28. The van der Waals surface area contributed by atoms with Crippen LogP contribution < -0.4 is 10.1 Å². The fourth-order valence-electron chi connectivity index (χ4n) is 5.47. The van der Waals surface area contributed by atoms with Gasteiger partial charge in [0.25, 0.3) is 0 Å². The fourth-order valence-corrected chi connectivity index (χ4v) is 5.47. The molecule has 0 saturated heterocycles. The number of nitrogens with zero attached hydrogens (tertiary/aromatic N) is 1. The smallest absolute Gasteiger partial charge is 0.337 e. The van der Waals surface area contributed by atoms with E-state index in [4.69, 9.17) is 14.7 Å². The van der Waals surface area contributed by atoms with E-state index < -0.39 is 11.9 Å². The second-order valence-corrected chi connectivity index (χ2v) is 9.74. The first-order valence-electron chi connectivity index (χ1n) is 12.7. The number of dihydropyridines is 1. The minimum Gasteiger partial charge on any atom is -0.508 e. The van der Waals surface area contributed by atoms with Crippen molar-refractivity contribution in [3.05, 3.63) is 118 Å². The molecule has 7 heteroatoms. The number of hydrogen-bond acceptors (Lipinski definition) is 7. The lowest BCUT2D eigenvalue weighted by atomic mass is 9.71. The standard InChI is InChI=1S/C32H28N2O5/c1-19-29(32(37)39-18-21-12-10-20(17-33)11-13-21)30(22-6-5-7-24(35)14-22)31-26(34-19)15-23(16-27(31)36)25-8-3-4-9-28(25)38-2/h3-14,23,30,34-35H,15-16,18H2,1-2H3/t23-,30-/m1/s1. The number of aromatic hydroxyl groups is 1. The minimum atomic E-state index is -0.687. The maximum Gasteiger partial charge on any atom is 0.337 e. The van der Waals surface area contributed by atoms with Gasteiger partial charge in [-0.3, -0.25) is 4.79 Å². The van der Waals surface area contributed by atoms with Crippen LogP contribution in [0.1, 0.15) is 53.9 Å². The van der Waals surface area contributed by atoms with Crippen LogP contribution in [0.4, 0.5) is 0 Å². The Balaban J connectivity index is 1.50. The molecule has 2 atom stereocenters. The van der Waals surface area contributed by atoms with Gasteiger partial charge in [-0.05, 0) is 60.4 Å². The Labute approximate surface area is 227 Å². The number of allylic oxidation sites excluding steroid dienone is 3.